The molecule has 0 radical (unpaired) electrons. The van der Waals surface area contributed by atoms with E-state index in [-0.39, 0.29) is 18.2 Å². The summed E-state index contributed by atoms with van der Waals surface area (Å²) in [5.74, 6) is -0.0967. The Morgan fingerprint density at radius 3 is 2.40 bits per heavy atom. The second-order valence-corrected chi connectivity index (χ2v) is 7.87. The van der Waals surface area contributed by atoms with Crippen molar-refractivity contribution in [3.05, 3.63) is 29.6 Å². The molecule has 1 aromatic rings. The van der Waals surface area contributed by atoms with E-state index in [4.69, 9.17) is 15.4 Å². The fraction of sp³-hybridized carbons (Fsp3) is 0.571. The Hall–Kier alpha value is -0.810. The maximum atomic E-state index is 13.2. The molecule has 0 amide bonds. The van der Waals surface area contributed by atoms with E-state index in [1.807, 2.05) is 20.8 Å². The van der Waals surface area contributed by atoms with Crippen molar-refractivity contribution in [1.82, 2.24) is 0 Å². The summed E-state index contributed by atoms with van der Waals surface area (Å²) in [6, 6.07) is 4.29. The molecule has 0 saturated heterocycles. The van der Waals surface area contributed by atoms with Crippen LogP contribution in [0, 0.1) is 18.2 Å². The lowest BCUT2D eigenvalue weighted by Crippen LogP contribution is -2.33. The predicted molar refractivity (Wildman–Crippen MR) is 79.3 cm³/mol. The van der Waals surface area contributed by atoms with Crippen molar-refractivity contribution in [3.8, 4) is 5.75 Å². The van der Waals surface area contributed by atoms with Gasteiger partial charge in [0.2, 0.25) is 9.05 Å². The van der Waals surface area contributed by atoms with Gasteiger partial charge in [0.1, 0.15) is 11.6 Å². The molecule has 1 aromatic carbocycles. The van der Waals surface area contributed by atoms with Gasteiger partial charge in [0.25, 0.3) is 0 Å². The van der Waals surface area contributed by atoms with Crippen LogP contribution >= 0.6 is 10.7 Å². The Kier molecular flexibility index (Phi) is 5.83. The molecule has 1 rings (SSSR count). The van der Waals surface area contributed by atoms with Crippen LogP contribution in [-0.4, -0.2) is 20.8 Å². The Balaban J connectivity index is 2.89. The molecule has 0 N–H and O–H groups in total. The molecule has 0 heterocycles. The lowest BCUT2D eigenvalue weighted by Gasteiger charge is -2.30. The highest BCUT2D eigenvalue weighted by Crippen LogP contribution is 2.31. The summed E-state index contributed by atoms with van der Waals surface area (Å²) in [5, 5.41) is 0. The molecule has 3 nitrogen and oxygen atoms in total. The first-order valence-electron chi connectivity index (χ1n) is 6.52. The number of benzene rings is 1. The highest BCUT2D eigenvalue weighted by molar-refractivity contribution is 8.13. The van der Waals surface area contributed by atoms with Gasteiger partial charge in [-0.15, -0.1) is 0 Å². The van der Waals surface area contributed by atoms with Crippen LogP contribution in [-0.2, 0) is 9.05 Å². The van der Waals surface area contributed by atoms with Crippen molar-refractivity contribution in [3.63, 3.8) is 0 Å². The number of hydrogen-bond acceptors (Lipinski definition) is 3. The lowest BCUT2D eigenvalue weighted by atomic mass is 9.85. The third kappa shape index (κ3) is 4.94. The highest BCUT2D eigenvalue weighted by atomic mass is 35.7. The molecule has 0 atom stereocenters. The first-order valence-corrected chi connectivity index (χ1v) is 9.00. The van der Waals surface area contributed by atoms with Gasteiger partial charge in [0.05, 0.1) is 12.4 Å². The molecule has 0 saturated carbocycles. The molecule has 0 aliphatic heterocycles. The molecule has 0 bridgehead atoms. The predicted octanol–water partition coefficient (Wildman–Crippen LogP) is 3.89. The van der Waals surface area contributed by atoms with Crippen LogP contribution in [0.4, 0.5) is 4.39 Å². The van der Waals surface area contributed by atoms with Crippen LogP contribution in [0.2, 0.25) is 0 Å². The number of halogens is 2. The number of rotatable bonds is 7. The van der Waals surface area contributed by atoms with Gasteiger partial charge in [-0.05, 0) is 31.4 Å². The van der Waals surface area contributed by atoms with Crippen molar-refractivity contribution < 1.29 is 17.5 Å². The molecule has 0 unspecified atom stereocenters. The molecule has 114 valence electrons. The fourth-order valence-corrected chi connectivity index (χ4v) is 3.94. The Morgan fingerprint density at radius 2 is 1.90 bits per heavy atom. The van der Waals surface area contributed by atoms with Crippen molar-refractivity contribution in [2.24, 2.45) is 5.41 Å². The molecule has 6 heteroatoms. The average Bonchev–Trinajstić information content (AvgIpc) is 2.37. The van der Waals surface area contributed by atoms with Crippen LogP contribution in [0.3, 0.4) is 0 Å². The molecule has 0 aromatic heterocycles. The minimum Gasteiger partial charge on any atom is -0.493 e. The largest absolute Gasteiger partial charge is 0.493 e. The standard InChI is InChI=1S/C14H20ClFO3S/c1-4-14(5-2,10-20(15,17)18)9-19-13-8-12(16)7-6-11(13)3/h6-8H,4-5,9-10H2,1-3H3. The Morgan fingerprint density at radius 1 is 1.30 bits per heavy atom. The lowest BCUT2D eigenvalue weighted by molar-refractivity contribution is 0.154. The molecule has 0 aliphatic carbocycles. The van der Waals surface area contributed by atoms with Crippen LogP contribution < -0.4 is 4.74 Å². The van der Waals surface area contributed by atoms with Crippen molar-refractivity contribution in [1.29, 1.82) is 0 Å². The zero-order chi connectivity index (χ0) is 15.4. The Labute approximate surface area is 124 Å². The summed E-state index contributed by atoms with van der Waals surface area (Å²) >= 11 is 0. The van der Waals surface area contributed by atoms with E-state index in [0.717, 1.165) is 5.56 Å². The van der Waals surface area contributed by atoms with E-state index in [2.05, 4.69) is 0 Å². The topological polar surface area (TPSA) is 43.4 Å². The van der Waals surface area contributed by atoms with E-state index >= 15 is 0 Å². The SMILES string of the molecule is CCC(CC)(COc1cc(F)ccc1C)CS(=O)(=O)Cl. The molecular weight excluding hydrogens is 303 g/mol. The molecule has 0 fully saturated rings. The number of aryl methyl sites for hydroxylation is 1. The number of hydrogen-bond donors (Lipinski definition) is 0. The van der Waals surface area contributed by atoms with E-state index in [9.17, 15) is 12.8 Å². The Bertz CT molecular complexity index is 554. The van der Waals surface area contributed by atoms with Crippen molar-refractivity contribution in [2.45, 2.75) is 33.6 Å². The van der Waals surface area contributed by atoms with Crippen LogP contribution in [0.25, 0.3) is 0 Å². The van der Waals surface area contributed by atoms with E-state index in [1.54, 1.807) is 6.07 Å². The first kappa shape index (κ1) is 17.2. The molecule has 0 spiro atoms. The summed E-state index contributed by atoms with van der Waals surface area (Å²) < 4.78 is 41.5. The van der Waals surface area contributed by atoms with Gasteiger partial charge in [0.15, 0.2) is 0 Å². The minimum atomic E-state index is -3.61. The normalized spacial score (nSPS) is 12.4. The average molecular weight is 323 g/mol. The van der Waals surface area contributed by atoms with Gasteiger partial charge in [-0.3, -0.25) is 0 Å². The third-order valence-corrected chi connectivity index (χ3v) is 4.95. The van der Waals surface area contributed by atoms with Crippen LogP contribution in [0.1, 0.15) is 32.3 Å². The maximum Gasteiger partial charge on any atom is 0.233 e. The van der Waals surface area contributed by atoms with Gasteiger partial charge < -0.3 is 4.74 Å². The van der Waals surface area contributed by atoms with Crippen LogP contribution in [0.5, 0.6) is 5.75 Å². The van der Waals surface area contributed by atoms with E-state index in [0.29, 0.717) is 18.6 Å². The van der Waals surface area contributed by atoms with Gasteiger partial charge in [0, 0.05) is 22.2 Å². The van der Waals surface area contributed by atoms with Gasteiger partial charge in [-0.25, -0.2) is 12.8 Å². The van der Waals surface area contributed by atoms with Crippen molar-refractivity contribution in [2.75, 3.05) is 12.4 Å². The van der Waals surface area contributed by atoms with Gasteiger partial charge in [-0.2, -0.15) is 0 Å². The molecule has 0 aliphatic rings. The smallest absolute Gasteiger partial charge is 0.233 e. The van der Waals surface area contributed by atoms with Crippen LogP contribution in [0.15, 0.2) is 18.2 Å². The minimum absolute atomic E-state index is 0.150. The van der Waals surface area contributed by atoms with Gasteiger partial charge >= 0.3 is 0 Å². The zero-order valence-corrected chi connectivity index (χ0v) is 13.5. The monoisotopic (exact) mass is 322 g/mol. The summed E-state index contributed by atoms with van der Waals surface area (Å²) in [4.78, 5) is 0. The summed E-state index contributed by atoms with van der Waals surface area (Å²) in [7, 11) is 1.76. The van der Waals surface area contributed by atoms with E-state index in [1.165, 1.54) is 12.1 Å². The first-order chi connectivity index (χ1) is 9.21. The third-order valence-electron chi connectivity index (χ3n) is 3.66. The maximum absolute atomic E-state index is 13.2. The highest BCUT2D eigenvalue weighted by Gasteiger charge is 2.32. The quantitative estimate of drug-likeness (QED) is 0.715. The van der Waals surface area contributed by atoms with Gasteiger partial charge in [-0.1, -0.05) is 19.9 Å². The molecule has 20 heavy (non-hydrogen) atoms. The summed E-state index contributed by atoms with van der Waals surface area (Å²) in [6.45, 7) is 5.80. The fourth-order valence-electron chi connectivity index (χ4n) is 2.03. The zero-order valence-electron chi connectivity index (χ0n) is 11.9. The number of ether oxygens (including phenoxy) is 1. The second-order valence-electron chi connectivity index (χ2n) is 5.09. The summed E-state index contributed by atoms with van der Waals surface area (Å²) in [5.41, 5.74) is 0.250. The van der Waals surface area contributed by atoms with Crippen molar-refractivity contribution >= 4 is 19.7 Å². The molecular formula is C14H20ClFO3S. The summed E-state index contributed by atoms with van der Waals surface area (Å²) in [6.07, 6.45) is 1.23. The second kappa shape index (κ2) is 6.76. The van der Waals surface area contributed by atoms with E-state index < -0.39 is 14.5 Å².